The molecule has 0 saturated carbocycles. The van der Waals surface area contributed by atoms with Crippen LogP contribution in [-0.4, -0.2) is 10.8 Å². The summed E-state index contributed by atoms with van der Waals surface area (Å²) in [6.45, 7) is 0. The third kappa shape index (κ3) is 2.21. The summed E-state index contributed by atoms with van der Waals surface area (Å²) in [5.74, 6) is 1.53. The molecule has 0 N–H and O–H groups in total. The lowest BCUT2D eigenvalue weighted by molar-refractivity contribution is 0.104. The molecule has 2 aromatic carbocycles. The maximum absolute atomic E-state index is 13.9. The van der Waals surface area contributed by atoms with Crippen molar-refractivity contribution in [2.75, 3.05) is 4.90 Å². The van der Waals surface area contributed by atoms with Gasteiger partial charge < -0.3 is 9.64 Å². The number of hydrogen-bond acceptors (Lipinski definition) is 4. The Kier molecular flexibility index (Phi) is 3.39. The van der Waals surface area contributed by atoms with E-state index in [0.29, 0.717) is 5.56 Å². The Hall–Kier alpha value is -4.44. The molecule has 1 aliphatic heterocycles. The fraction of sp³-hybridized carbons (Fsp3) is 0. The fourth-order valence-corrected chi connectivity index (χ4v) is 4.90. The number of hydrogen-bond donors (Lipinski definition) is 0. The monoisotopic (exact) mass is 412 g/mol. The van der Waals surface area contributed by atoms with E-state index < -0.39 is 0 Å². The zero-order chi connectivity index (χ0) is 21.2. The molecular formula is C28H16N2O2. The molecule has 0 spiro atoms. The van der Waals surface area contributed by atoms with E-state index in [4.69, 9.17) is 4.74 Å². The van der Waals surface area contributed by atoms with Crippen molar-refractivity contribution in [1.82, 2.24) is 4.98 Å². The Bertz CT molecular complexity index is 1490. The van der Waals surface area contributed by atoms with Gasteiger partial charge in [-0.3, -0.25) is 9.78 Å². The maximum atomic E-state index is 13.9. The molecular weight excluding hydrogens is 396 g/mol. The lowest BCUT2D eigenvalue weighted by Crippen LogP contribution is -2.18. The molecule has 1 aromatic heterocycles. The smallest absolute Gasteiger partial charge is 0.197 e. The van der Waals surface area contributed by atoms with Crippen molar-refractivity contribution < 1.29 is 9.53 Å². The molecule has 4 heteroatoms. The average molecular weight is 412 g/mol. The minimum Gasteiger partial charge on any atom is -0.453 e. The van der Waals surface area contributed by atoms with Crippen LogP contribution < -0.4 is 9.64 Å². The van der Waals surface area contributed by atoms with E-state index >= 15 is 0 Å². The Balaban J connectivity index is 1.51. The van der Waals surface area contributed by atoms with Crippen molar-refractivity contribution in [3.05, 3.63) is 108 Å². The highest BCUT2D eigenvalue weighted by Gasteiger charge is 2.37. The number of fused-ring (bicyclic) bond motifs is 7. The number of pyridine rings is 1. The second-order valence-electron chi connectivity index (χ2n) is 8.00. The third-order valence-electron chi connectivity index (χ3n) is 6.25. The molecule has 4 nitrogen and oxygen atoms in total. The van der Waals surface area contributed by atoms with Crippen LogP contribution >= 0.6 is 0 Å². The molecule has 0 fully saturated rings. The van der Waals surface area contributed by atoms with Crippen molar-refractivity contribution in [3.63, 3.8) is 0 Å². The minimum atomic E-state index is 0.0371. The first kappa shape index (κ1) is 17.3. The first-order valence-corrected chi connectivity index (χ1v) is 10.5. The van der Waals surface area contributed by atoms with Gasteiger partial charge in [0.05, 0.1) is 28.8 Å². The van der Waals surface area contributed by atoms with Crippen LogP contribution in [0, 0.1) is 0 Å². The number of rotatable bonds is 1. The maximum Gasteiger partial charge on any atom is 0.197 e. The highest BCUT2D eigenvalue weighted by Crippen LogP contribution is 2.54. The molecule has 0 amide bonds. The van der Waals surface area contributed by atoms with Gasteiger partial charge >= 0.3 is 0 Å². The van der Waals surface area contributed by atoms with E-state index in [2.05, 4.69) is 16.0 Å². The average Bonchev–Trinajstić information content (AvgIpc) is 3.22. The number of ether oxygens (including phenoxy) is 1. The molecule has 2 heterocycles. The predicted octanol–water partition coefficient (Wildman–Crippen LogP) is 6.97. The van der Waals surface area contributed by atoms with E-state index in [0.717, 1.165) is 56.4 Å². The summed E-state index contributed by atoms with van der Waals surface area (Å²) in [5.41, 5.74) is 7.85. The predicted molar refractivity (Wildman–Crippen MR) is 124 cm³/mol. The molecule has 0 unspecified atom stereocenters. The van der Waals surface area contributed by atoms with Gasteiger partial charge in [-0.2, -0.15) is 0 Å². The number of para-hydroxylation sites is 4. The van der Waals surface area contributed by atoms with Gasteiger partial charge in [0.2, 0.25) is 0 Å². The van der Waals surface area contributed by atoms with Crippen LogP contribution in [0.5, 0.6) is 11.5 Å². The van der Waals surface area contributed by atoms with Gasteiger partial charge in [0.15, 0.2) is 17.3 Å². The van der Waals surface area contributed by atoms with Crippen LogP contribution in [0.25, 0.3) is 22.3 Å². The van der Waals surface area contributed by atoms with E-state index in [1.807, 2.05) is 78.9 Å². The zero-order valence-corrected chi connectivity index (χ0v) is 16.9. The van der Waals surface area contributed by atoms with Crippen molar-refractivity contribution in [3.8, 4) is 33.8 Å². The fourth-order valence-electron chi connectivity index (χ4n) is 4.90. The van der Waals surface area contributed by atoms with E-state index in [9.17, 15) is 4.79 Å². The molecule has 7 rings (SSSR count). The van der Waals surface area contributed by atoms with Crippen molar-refractivity contribution >= 4 is 22.8 Å². The number of anilines is 3. The van der Waals surface area contributed by atoms with Gasteiger partial charge in [-0.15, -0.1) is 0 Å². The largest absolute Gasteiger partial charge is 0.453 e. The molecule has 0 radical (unpaired) electrons. The Labute approximate surface area is 184 Å². The van der Waals surface area contributed by atoms with Crippen molar-refractivity contribution in [2.24, 2.45) is 0 Å². The van der Waals surface area contributed by atoms with E-state index in [-0.39, 0.29) is 5.78 Å². The molecule has 150 valence electrons. The molecule has 3 aliphatic carbocycles. The summed E-state index contributed by atoms with van der Waals surface area (Å²) in [4.78, 5) is 20.5. The van der Waals surface area contributed by atoms with Gasteiger partial charge in [-0.1, -0.05) is 54.6 Å². The van der Waals surface area contributed by atoms with Crippen LogP contribution in [0.1, 0.15) is 15.9 Å². The number of carbonyl (C=O) groups excluding carboxylic acids is 1. The van der Waals surface area contributed by atoms with Gasteiger partial charge in [0.1, 0.15) is 0 Å². The van der Waals surface area contributed by atoms with Crippen molar-refractivity contribution in [1.29, 1.82) is 0 Å². The molecule has 0 bridgehead atoms. The number of carbonyl (C=O) groups is 1. The van der Waals surface area contributed by atoms with Crippen LogP contribution in [0.2, 0.25) is 0 Å². The minimum absolute atomic E-state index is 0.0371. The Morgan fingerprint density at radius 2 is 1.31 bits per heavy atom. The highest BCUT2D eigenvalue weighted by atomic mass is 16.5. The van der Waals surface area contributed by atoms with Crippen LogP contribution in [0.15, 0.2) is 97.3 Å². The van der Waals surface area contributed by atoms with Gasteiger partial charge in [-0.25, -0.2) is 0 Å². The summed E-state index contributed by atoms with van der Waals surface area (Å²) in [7, 11) is 0. The summed E-state index contributed by atoms with van der Waals surface area (Å²) >= 11 is 0. The lowest BCUT2D eigenvalue weighted by Gasteiger charge is -2.33. The number of benzene rings is 2. The Morgan fingerprint density at radius 3 is 2.09 bits per heavy atom. The second-order valence-corrected chi connectivity index (χ2v) is 8.00. The summed E-state index contributed by atoms with van der Waals surface area (Å²) in [5, 5.41) is 0. The second kappa shape index (κ2) is 6.28. The normalized spacial score (nSPS) is 13.2. The number of aromatic nitrogens is 1. The lowest BCUT2D eigenvalue weighted by atomic mass is 10.0. The topological polar surface area (TPSA) is 42.4 Å². The summed E-state index contributed by atoms with van der Waals surface area (Å²) in [6, 6.07) is 27.9. The molecule has 3 aromatic rings. The first-order valence-electron chi connectivity index (χ1n) is 10.5. The summed E-state index contributed by atoms with van der Waals surface area (Å²) < 4.78 is 6.14. The molecule has 0 saturated heterocycles. The van der Waals surface area contributed by atoms with Gasteiger partial charge in [0.25, 0.3) is 0 Å². The number of nitrogens with zero attached hydrogens (tertiary/aromatic N) is 2. The van der Waals surface area contributed by atoms with Gasteiger partial charge in [0, 0.05) is 17.3 Å². The third-order valence-corrected chi connectivity index (χ3v) is 6.25. The van der Waals surface area contributed by atoms with E-state index in [1.165, 1.54) is 0 Å². The standard InChI is InChI=1S/C28H16N2O2/c31-28-26-18-9-3-1-2-8-17(18)14-19(26)20-15-29-16-23(27(20)28)30-21-10-4-6-12-24(21)32-25-13-7-5-11-22(25)30/h1-16H. The zero-order valence-electron chi connectivity index (χ0n) is 16.9. The van der Waals surface area contributed by atoms with Crippen LogP contribution in [0.4, 0.5) is 17.1 Å². The molecule has 32 heavy (non-hydrogen) atoms. The van der Waals surface area contributed by atoms with Crippen molar-refractivity contribution in [2.45, 2.75) is 0 Å². The van der Waals surface area contributed by atoms with Crippen LogP contribution in [-0.2, 0) is 0 Å². The SMILES string of the molecule is O=C1c2c3cccccc-3cc2-c2cncc(N3c4ccccc4Oc4ccccc43)c21. The highest BCUT2D eigenvalue weighted by molar-refractivity contribution is 6.28. The van der Waals surface area contributed by atoms with Crippen LogP contribution in [0.3, 0.4) is 0 Å². The quantitative estimate of drug-likeness (QED) is 0.292. The number of ketones is 1. The first-order chi connectivity index (χ1) is 15.8. The molecule has 4 aliphatic rings. The summed E-state index contributed by atoms with van der Waals surface area (Å²) in [6.07, 6.45) is 3.59. The van der Waals surface area contributed by atoms with Gasteiger partial charge in [-0.05, 0) is 47.0 Å². The molecule has 0 atom stereocenters. The van der Waals surface area contributed by atoms with E-state index in [1.54, 1.807) is 12.4 Å². The Morgan fingerprint density at radius 1 is 0.625 bits per heavy atom.